The average Bonchev–Trinajstić information content (AvgIpc) is 3.10. The third-order valence-electron chi connectivity index (χ3n) is 3.80. The van der Waals surface area contributed by atoms with E-state index >= 15 is 0 Å². The Morgan fingerprint density at radius 2 is 2.17 bits per heavy atom. The molecule has 0 radical (unpaired) electrons. The first kappa shape index (κ1) is 18.2. The number of hydrogen-bond acceptors (Lipinski definition) is 6. The van der Waals surface area contributed by atoms with E-state index in [0.29, 0.717) is 13.2 Å². The summed E-state index contributed by atoms with van der Waals surface area (Å²) in [7, 11) is 3.33. The molecule has 2 rings (SSSR count). The number of piperazine rings is 1. The first-order valence-electron chi connectivity index (χ1n) is 8.05. The average molecular weight is 338 g/mol. The summed E-state index contributed by atoms with van der Waals surface area (Å²) < 4.78 is 9.76. The minimum atomic E-state index is -0.0714. The summed E-state index contributed by atoms with van der Waals surface area (Å²) >= 11 is 0. The van der Waals surface area contributed by atoms with E-state index < -0.39 is 0 Å². The molecule has 1 amide bonds. The highest BCUT2D eigenvalue weighted by atomic mass is 16.5. The zero-order valence-corrected chi connectivity index (χ0v) is 14.3. The minimum absolute atomic E-state index is 0.0714. The molecule has 0 aliphatic carbocycles. The highest BCUT2D eigenvalue weighted by Crippen LogP contribution is 2.07. The van der Waals surface area contributed by atoms with E-state index in [1.165, 1.54) is 0 Å². The summed E-state index contributed by atoms with van der Waals surface area (Å²) in [6, 6.07) is 1.88. The van der Waals surface area contributed by atoms with E-state index in [9.17, 15) is 4.79 Å². The molecule has 0 atom stereocenters. The molecule has 1 aromatic heterocycles. The van der Waals surface area contributed by atoms with Crippen molar-refractivity contribution < 1.29 is 14.1 Å². The Labute approximate surface area is 142 Å². The molecule has 24 heavy (non-hydrogen) atoms. The Hall–Kier alpha value is -2.13. The number of aliphatic imine (C=N–C) groups is 1. The van der Waals surface area contributed by atoms with Crippen LogP contribution in [0.4, 0.5) is 0 Å². The third kappa shape index (κ3) is 5.82. The molecule has 1 fully saturated rings. The summed E-state index contributed by atoms with van der Waals surface area (Å²) in [5.74, 6) is 0.677. The monoisotopic (exact) mass is 338 g/mol. The normalized spacial score (nSPS) is 16.2. The van der Waals surface area contributed by atoms with Gasteiger partial charge in [-0.1, -0.05) is 5.16 Å². The highest BCUT2D eigenvalue weighted by Gasteiger charge is 2.20. The largest absolute Gasteiger partial charge is 0.383 e. The van der Waals surface area contributed by atoms with Crippen molar-refractivity contribution >= 4 is 11.9 Å². The van der Waals surface area contributed by atoms with Crippen LogP contribution in [0.3, 0.4) is 0 Å². The second-order valence-corrected chi connectivity index (χ2v) is 5.50. The summed E-state index contributed by atoms with van der Waals surface area (Å²) in [5, 5.41) is 9.82. The van der Waals surface area contributed by atoms with Crippen LogP contribution in [0.1, 0.15) is 5.69 Å². The van der Waals surface area contributed by atoms with Crippen LogP contribution < -0.4 is 10.6 Å². The maximum absolute atomic E-state index is 11.7. The first-order valence-corrected chi connectivity index (χ1v) is 8.05. The van der Waals surface area contributed by atoms with Crippen LogP contribution in [0, 0.1) is 0 Å². The number of rotatable bonds is 7. The quantitative estimate of drug-likeness (QED) is 0.379. The van der Waals surface area contributed by atoms with Crippen LogP contribution in [0.25, 0.3) is 0 Å². The number of methoxy groups -OCH3 is 1. The lowest BCUT2D eigenvalue weighted by Crippen LogP contribution is -2.53. The van der Waals surface area contributed by atoms with Gasteiger partial charge in [0.05, 0.1) is 18.8 Å². The summed E-state index contributed by atoms with van der Waals surface area (Å²) in [4.78, 5) is 20.5. The van der Waals surface area contributed by atoms with Gasteiger partial charge in [-0.3, -0.25) is 14.7 Å². The van der Waals surface area contributed by atoms with Crippen molar-refractivity contribution in [3.8, 4) is 0 Å². The van der Waals surface area contributed by atoms with Gasteiger partial charge in [0.25, 0.3) is 0 Å². The van der Waals surface area contributed by atoms with Gasteiger partial charge in [-0.15, -0.1) is 0 Å². The summed E-state index contributed by atoms with van der Waals surface area (Å²) in [5.41, 5.74) is 0.943. The number of aromatic nitrogens is 1. The molecule has 0 saturated carbocycles. The van der Waals surface area contributed by atoms with Gasteiger partial charge in [0.2, 0.25) is 5.91 Å². The topological polar surface area (TPSA) is 95.2 Å². The molecule has 9 heteroatoms. The van der Waals surface area contributed by atoms with Gasteiger partial charge in [0, 0.05) is 59.5 Å². The second kappa shape index (κ2) is 9.89. The van der Waals surface area contributed by atoms with Crippen LogP contribution in [-0.4, -0.2) is 86.9 Å². The molecule has 1 aliphatic heterocycles. The molecule has 1 aromatic rings. The van der Waals surface area contributed by atoms with E-state index in [2.05, 4.69) is 30.6 Å². The van der Waals surface area contributed by atoms with Gasteiger partial charge in [-0.2, -0.15) is 0 Å². The molecule has 0 aromatic carbocycles. The molecular formula is C15H26N6O3. The van der Waals surface area contributed by atoms with E-state index in [1.807, 2.05) is 6.07 Å². The third-order valence-corrected chi connectivity index (χ3v) is 3.80. The van der Waals surface area contributed by atoms with Crippen LogP contribution >= 0.6 is 0 Å². The minimum Gasteiger partial charge on any atom is -0.383 e. The molecule has 134 valence electrons. The van der Waals surface area contributed by atoms with E-state index in [4.69, 9.17) is 9.26 Å². The van der Waals surface area contributed by atoms with E-state index in [0.717, 1.165) is 44.4 Å². The van der Waals surface area contributed by atoms with Crippen molar-refractivity contribution in [1.29, 1.82) is 0 Å². The second-order valence-electron chi connectivity index (χ2n) is 5.50. The van der Waals surface area contributed by atoms with Crippen molar-refractivity contribution in [2.75, 3.05) is 60.0 Å². The first-order chi connectivity index (χ1) is 11.7. The number of carbonyl (C=O) groups is 1. The number of amides is 1. The number of ether oxygens (including phenoxy) is 1. The highest BCUT2D eigenvalue weighted by molar-refractivity contribution is 5.86. The van der Waals surface area contributed by atoms with Crippen LogP contribution in [0.15, 0.2) is 21.8 Å². The van der Waals surface area contributed by atoms with Crippen molar-refractivity contribution in [2.24, 2.45) is 4.99 Å². The van der Waals surface area contributed by atoms with Gasteiger partial charge in [0.1, 0.15) is 6.26 Å². The number of nitrogens with one attached hydrogen (secondary N) is 2. The van der Waals surface area contributed by atoms with Crippen molar-refractivity contribution in [2.45, 2.75) is 6.54 Å². The molecule has 0 unspecified atom stereocenters. The van der Waals surface area contributed by atoms with Crippen LogP contribution in [0.5, 0.6) is 0 Å². The fraction of sp³-hybridized carbons (Fsp3) is 0.667. The summed E-state index contributed by atoms with van der Waals surface area (Å²) in [6.45, 7) is 5.53. The smallest absolute Gasteiger partial charge is 0.239 e. The van der Waals surface area contributed by atoms with Gasteiger partial charge in [-0.05, 0) is 0 Å². The van der Waals surface area contributed by atoms with Crippen LogP contribution in [-0.2, 0) is 16.1 Å². The van der Waals surface area contributed by atoms with E-state index in [1.54, 1.807) is 20.4 Å². The molecular weight excluding hydrogens is 312 g/mol. The lowest BCUT2D eigenvalue weighted by molar-refractivity contribution is -0.120. The van der Waals surface area contributed by atoms with Crippen molar-refractivity contribution in [3.63, 3.8) is 0 Å². The summed E-state index contributed by atoms with van der Waals surface area (Å²) in [6.07, 6.45) is 1.59. The van der Waals surface area contributed by atoms with Gasteiger partial charge in [-0.25, -0.2) is 0 Å². The number of carbonyl (C=O) groups excluding carboxylic acids is 1. The SMILES string of the molecule is CN=C(NCC(=O)NCCOC)N1CCN(Cc2ccon2)CC1. The zero-order valence-electron chi connectivity index (χ0n) is 14.3. The zero-order chi connectivity index (χ0) is 17.2. The Bertz CT molecular complexity index is 511. The fourth-order valence-corrected chi connectivity index (χ4v) is 2.51. The lowest BCUT2D eigenvalue weighted by Gasteiger charge is -2.36. The maximum Gasteiger partial charge on any atom is 0.239 e. The molecule has 2 N–H and O–H groups in total. The standard InChI is InChI=1S/C15H26N6O3/c1-16-15(18-11-14(22)17-4-10-23-2)21-7-5-20(6-8-21)12-13-3-9-24-19-13/h3,9H,4-8,10-12H2,1-2H3,(H,16,18)(H,17,22). The maximum atomic E-state index is 11.7. The molecule has 9 nitrogen and oxygen atoms in total. The van der Waals surface area contributed by atoms with E-state index in [-0.39, 0.29) is 12.5 Å². The molecule has 0 spiro atoms. The van der Waals surface area contributed by atoms with Gasteiger partial charge >= 0.3 is 0 Å². The predicted octanol–water partition coefficient (Wildman–Crippen LogP) is -0.870. The Balaban J connectivity index is 1.69. The van der Waals surface area contributed by atoms with Crippen molar-refractivity contribution in [3.05, 3.63) is 18.0 Å². The van der Waals surface area contributed by atoms with Gasteiger partial charge in [0.15, 0.2) is 5.96 Å². The Morgan fingerprint density at radius 1 is 1.38 bits per heavy atom. The Kier molecular flexibility index (Phi) is 7.50. The lowest BCUT2D eigenvalue weighted by atomic mass is 10.3. The molecule has 1 saturated heterocycles. The predicted molar refractivity (Wildman–Crippen MR) is 89.6 cm³/mol. The number of nitrogens with zero attached hydrogens (tertiary/aromatic N) is 4. The fourth-order valence-electron chi connectivity index (χ4n) is 2.51. The van der Waals surface area contributed by atoms with Gasteiger partial charge < -0.3 is 24.8 Å². The Morgan fingerprint density at radius 3 is 2.79 bits per heavy atom. The van der Waals surface area contributed by atoms with Crippen LogP contribution in [0.2, 0.25) is 0 Å². The number of hydrogen-bond donors (Lipinski definition) is 2. The molecule has 0 bridgehead atoms. The van der Waals surface area contributed by atoms with Crippen molar-refractivity contribution in [1.82, 2.24) is 25.6 Å². The number of guanidine groups is 1. The molecule has 2 heterocycles. The molecule has 1 aliphatic rings.